The van der Waals surface area contributed by atoms with Crippen LogP contribution in [0.15, 0.2) is 24.3 Å². The molecule has 0 amide bonds. The molecule has 0 spiro atoms. The van der Waals surface area contributed by atoms with Gasteiger partial charge in [-0.05, 0) is 12.1 Å². The number of hydrogen-bond donors (Lipinski definition) is 4. The van der Waals surface area contributed by atoms with Crippen molar-refractivity contribution in [2.24, 2.45) is 0 Å². The third-order valence-corrected chi connectivity index (χ3v) is 1.69. The van der Waals surface area contributed by atoms with Crippen LogP contribution in [0.4, 0.5) is 0 Å². The van der Waals surface area contributed by atoms with Gasteiger partial charge < -0.3 is 20.4 Å². The van der Waals surface area contributed by atoms with Gasteiger partial charge in [0.05, 0.1) is 11.1 Å². The van der Waals surface area contributed by atoms with Crippen LogP contribution in [0.2, 0.25) is 0 Å². The first kappa shape index (κ1) is 20.4. The maximum Gasteiger partial charge on any atom is 0.336 e. The van der Waals surface area contributed by atoms with Gasteiger partial charge in [0.15, 0.2) is 0 Å². The summed E-state index contributed by atoms with van der Waals surface area (Å²) in [6.07, 6.45) is 0.222. The molecule has 0 unspecified atom stereocenters. The van der Waals surface area contributed by atoms with E-state index in [0.29, 0.717) is 0 Å². The summed E-state index contributed by atoms with van der Waals surface area (Å²) >= 11 is 0. The predicted molar refractivity (Wildman–Crippen MR) is 71.6 cm³/mol. The molecule has 0 aliphatic carbocycles. The van der Waals surface area contributed by atoms with Gasteiger partial charge in [0.2, 0.25) is 0 Å². The number of hydrogen-bond acceptors (Lipinski definition) is 4. The predicted octanol–water partition coefficient (Wildman–Crippen LogP) is 1.65. The molecule has 0 aliphatic heterocycles. The van der Waals surface area contributed by atoms with Gasteiger partial charge in [0, 0.05) is 13.3 Å². The van der Waals surface area contributed by atoms with E-state index >= 15 is 0 Å². The van der Waals surface area contributed by atoms with E-state index in [0.717, 1.165) is 6.92 Å². The first-order valence-electron chi connectivity index (χ1n) is 5.60. The molecule has 21 heavy (non-hydrogen) atoms. The normalized spacial score (nSPS) is 8.29. The van der Waals surface area contributed by atoms with E-state index in [9.17, 15) is 14.4 Å². The maximum atomic E-state index is 10.5. The molecule has 0 aliphatic rings. The lowest BCUT2D eigenvalue weighted by Crippen LogP contribution is -2.06. The lowest BCUT2D eigenvalue weighted by atomic mass is 10.1. The van der Waals surface area contributed by atoms with Crippen molar-refractivity contribution in [3.8, 4) is 0 Å². The van der Waals surface area contributed by atoms with Crippen LogP contribution in [-0.2, 0) is 9.59 Å². The Hall–Kier alpha value is -2.90. The highest BCUT2D eigenvalue weighted by molar-refractivity contribution is 6.01. The molecule has 0 radical (unpaired) electrons. The Bertz CT molecular complexity index is 470. The second-order valence-electron chi connectivity index (χ2n) is 3.42. The van der Waals surface area contributed by atoms with Gasteiger partial charge in [-0.15, -0.1) is 0 Å². The molecule has 116 valence electrons. The van der Waals surface area contributed by atoms with Crippen molar-refractivity contribution in [1.82, 2.24) is 0 Å². The Morgan fingerprint density at radius 3 is 1.24 bits per heavy atom. The molecule has 0 fully saturated rings. The largest absolute Gasteiger partial charge is 0.481 e. The molecule has 1 rings (SSSR count). The average Bonchev–Trinajstić information content (AvgIpc) is 2.38. The Kier molecular flexibility index (Phi) is 10.7. The summed E-state index contributed by atoms with van der Waals surface area (Å²) in [5.74, 6) is -4.04. The molecular weight excluding hydrogens is 284 g/mol. The fraction of sp³-hybridized carbons (Fsp3) is 0.231. The third kappa shape index (κ3) is 11.9. The Balaban J connectivity index is 0. The highest BCUT2D eigenvalue weighted by atomic mass is 16.4. The lowest BCUT2D eigenvalue weighted by Gasteiger charge is -1.98. The summed E-state index contributed by atoms with van der Waals surface area (Å²) in [7, 11) is 0. The fourth-order valence-corrected chi connectivity index (χ4v) is 0.856. The van der Waals surface area contributed by atoms with Crippen molar-refractivity contribution >= 4 is 23.9 Å². The zero-order valence-electron chi connectivity index (χ0n) is 11.4. The molecule has 8 heteroatoms. The highest BCUT2D eigenvalue weighted by Crippen LogP contribution is 2.07. The Labute approximate surface area is 120 Å². The van der Waals surface area contributed by atoms with E-state index in [4.69, 9.17) is 25.2 Å². The van der Waals surface area contributed by atoms with Crippen LogP contribution < -0.4 is 0 Å². The van der Waals surface area contributed by atoms with Crippen LogP contribution >= 0.6 is 0 Å². The summed E-state index contributed by atoms with van der Waals surface area (Å²) in [5.41, 5.74) is -0.380. The number of aromatic carboxylic acids is 2. The number of carbonyl (C=O) groups is 4. The quantitative estimate of drug-likeness (QED) is 0.658. The number of aliphatic carboxylic acids is 2. The smallest absolute Gasteiger partial charge is 0.336 e. The fourth-order valence-electron chi connectivity index (χ4n) is 0.856. The molecule has 0 aromatic heterocycles. The van der Waals surface area contributed by atoms with Crippen LogP contribution in [0.1, 0.15) is 41.0 Å². The van der Waals surface area contributed by atoms with Gasteiger partial charge in [-0.1, -0.05) is 19.1 Å². The van der Waals surface area contributed by atoms with Gasteiger partial charge in [-0.3, -0.25) is 9.59 Å². The SMILES string of the molecule is CC(=O)O.CCC(=O)O.O=C(O)c1ccccc1C(=O)O. The Morgan fingerprint density at radius 2 is 1.10 bits per heavy atom. The first-order valence-corrected chi connectivity index (χ1v) is 5.60. The zero-order chi connectivity index (χ0) is 17.0. The minimum atomic E-state index is -1.23. The van der Waals surface area contributed by atoms with Gasteiger partial charge >= 0.3 is 17.9 Å². The first-order chi connectivity index (χ1) is 9.63. The minimum Gasteiger partial charge on any atom is -0.481 e. The van der Waals surface area contributed by atoms with Crippen LogP contribution in [0, 0.1) is 0 Å². The van der Waals surface area contributed by atoms with Crippen LogP contribution in [-0.4, -0.2) is 44.3 Å². The number of rotatable bonds is 3. The Morgan fingerprint density at radius 1 is 0.857 bits per heavy atom. The summed E-state index contributed by atoms with van der Waals surface area (Å²) < 4.78 is 0. The van der Waals surface area contributed by atoms with Gasteiger partial charge in [-0.2, -0.15) is 0 Å². The summed E-state index contributed by atoms with van der Waals surface area (Å²) in [6.45, 7) is 2.68. The molecule has 4 N–H and O–H groups in total. The lowest BCUT2D eigenvalue weighted by molar-refractivity contribution is -0.137. The molecule has 1 aromatic carbocycles. The summed E-state index contributed by atoms with van der Waals surface area (Å²) in [5, 5.41) is 32.2. The monoisotopic (exact) mass is 300 g/mol. The molecular formula is C13H16O8. The van der Waals surface area contributed by atoms with Crippen molar-refractivity contribution in [1.29, 1.82) is 0 Å². The van der Waals surface area contributed by atoms with Crippen LogP contribution in [0.3, 0.4) is 0 Å². The van der Waals surface area contributed by atoms with Crippen molar-refractivity contribution in [3.05, 3.63) is 35.4 Å². The van der Waals surface area contributed by atoms with Crippen LogP contribution in [0.25, 0.3) is 0 Å². The van der Waals surface area contributed by atoms with E-state index < -0.39 is 23.9 Å². The van der Waals surface area contributed by atoms with Gasteiger partial charge in [0.25, 0.3) is 5.97 Å². The van der Waals surface area contributed by atoms with E-state index in [1.807, 2.05) is 0 Å². The number of carboxylic acids is 4. The van der Waals surface area contributed by atoms with Crippen molar-refractivity contribution in [2.75, 3.05) is 0 Å². The third-order valence-electron chi connectivity index (χ3n) is 1.69. The maximum absolute atomic E-state index is 10.5. The summed E-state index contributed by atoms with van der Waals surface area (Å²) in [6, 6.07) is 5.48. The van der Waals surface area contributed by atoms with E-state index in [1.54, 1.807) is 6.92 Å². The van der Waals surface area contributed by atoms with Crippen molar-refractivity contribution in [3.63, 3.8) is 0 Å². The minimum absolute atomic E-state index is 0.190. The molecule has 0 bridgehead atoms. The highest BCUT2D eigenvalue weighted by Gasteiger charge is 2.13. The number of carboxylic acid groups (broad SMARTS) is 4. The molecule has 0 heterocycles. The van der Waals surface area contributed by atoms with Gasteiger partial charge in [0.1, 0.15) is 0 Å². The topological polar surface area (TPSA) is 149 Å². The van der Waals surface area contributed by atoms with Crippen molar-refractivity contribution in [2.45, 2.75) is 20.3 Å². The molecule has 1 aromatic rings. The standard InChI is InChI=1S/C8H6O4.C3H6O2.C2H4O2/c9-7(10)5-3-1-2-4-6(5)8(11)12;1-2-3(4)5;1-2(3)4/h1-4H,(H,9,10)(H,11,12);2H2,1H3,(H,4,5);1H3,(H,3,4). The van der Waals surface area contributed by atoms with Gasteiger partial charge in [-0.25, -0.2) is 9.59 Å². The zero-order valence-corrected chi connectivity index (χ0v) is 11.4. The molecule has 8 nitrogen and oxygen atoms in total. The van der Waals surface area contributed by atoms with E-state index in [-0.39, 0.29) is 17.5 Å². The molecule has 0 atom stereocenters. The summed E-state index contributed by atoms with van der Waals surface area (Å²) in [4.78, 5) is 39.3. The van der Waals surface area contributed by atoms with Crippen molar-refractivity contribution < 1.29 is 39.6 Å². The molecule has 0 saturated heterocycles. The second-order valence-corrected chi connectivity index (χ2v) is 3.42. The van der Waals surface area contributed by atoms with E-state index in [1.165, 1.54) is 24.3 Å². The molecule has 0 saturated carbocycles. The van der Waals surface area contributed by atoms with E-state index in [2.05, 4.69) is 0 Å². The number of benzene rings is 1. The average molecular weight is 300 g/mol. The second kappa shape index (κ2) is 11.0. The van der Waals surface area contributed by atoms with Crippen LogP contribution in [0.5, 0.6) is 0 Å².